The van der Waals surface area contributed by atoms with E-state index in [2.05, 4.69) is 5.32 Å². The van der Waals surface area contributed by atoms with Gasteiger partial charge in [0.15, 0.2) is 0 Å². The number of fused-ring (bicyclic) bond motifs is 6. The molecule has 3 aliphatic heterocycles. The van der Waals surface area contributed by atoms with Crippen LogP contribution in [0.3, 0.4) is 0 Å². The molecule has 0 unspecified atom stereocenters. The second-order valence-corrected chi connectivity index (χ2v) is 7.98. The highest BCUT2D eigenvalue weighted by Gasteiger charge is 2.61. The van der Waals surface area contributed by atoms with Gasteiger partial charge in [-0.1, -0.05) is 41.9 Å². The van der Waals surface area contributed by atoms with Crippen LogP contribution in [0.1, 0.15) is 29.2 Å². The van der Waals surface area contributed by atoms with E-state index in [1.165, 1.54) is 12.1 Å². The summed E-state index contributed by atoms with van der Waals surface area (Å²) in [5, 5.41) is 9.97. The summed E-state index contributed by atoms with van der Waals surface area (Å²) in [7, 11) is 0. The molecular formula is C23H15ClFN3O2. The van der Waals surface area contributed by atoms with Gasteiger partial charge in [0.2, 0.25) is 0 Å². The summed E-state index contributed by atoms with van der Waals surface area (Å²) >= 11 is 6.04. The minimum atomic E-state index is -1.56. The Kier molecular flexibility index (Phi) is 3.53. The molecule has 3 aromatic rings. The summed E-state index contributed by atoms with van der Waals surface area (Å²) in [5.41, 5.74) is 2.05. The normalized spacial score (nSPS) is 23.4. The topological polar surface area (TPSA) is 53.9 Å². The average molecular weight is 420 g/mol. The fourth-order valence-electron chi connectivity index (χ4n) is 4.48. The monoisotopic (exact) mass is 419 g/mol. The smallest absolute Gasteiger partial charge is 0.306 e. The van der Waals surface area contributed by atoms with Crippen molar-refractivity contribution < 1.29 is 13.9 Å². The summed E-state index contributed by atoms with van der Waals surface area (Å²) in [4.78, 5) is 13.3. The number of rotatable bonds is 1. The number of amides is 1. The van der Waals surface area contributed by atoms with Gasteiger partial charge in [-0.3, -0.25) is 4.79 Å². The Morgan fingerprint density at radius 1 is 1.13 bits per heavy atom. The quantitative estimate of drug-likeness (QED) is 0.614. The average Bonchev–Trinajstić information content (AvgIpc) is 3.30. The van der Waals surface area contributed by atoms with E-state index in [0.717, 1.165) is 16.8 Å². The summed E-state index contributed by atoms with van der Waals surface area (Å²) < 4.78 is 20.5. The van der Waals surface area contributed by atoms with Gasteiger partial charge in [-0.15, -0.1) is 0 Å². The zero-order valence-corrected chi connectivity index (χ0v) is 16.4. The van der Waals surface area contributed by atoms with Crippen molar-refractivity contribution in [3.05, 3.63) is 94.3 Å². The number of benzene rings is 3. The van der Waals surface area contributed by atoms with Crippen LogP contribution in [-0.4, -0.2) is 16.6 Å². The van der Waals surface area contributed by atoms with E-state index >= 15 is 0 Å². The molecule has 30 heavy (non-hydrogen) atoms. The first-order chi connectivity index (χ1) is 14.6. The molecule has 0 radical (unpaired) electrons. The zero-order valence-electron chi connectivity index (χ0n) is 15.6. The van der Waals surface area contributed by atoms with Gasteiger partial charge < -0.3 is 10.1 Å². The lowest BCUT2D eigenvalue weighted by atomic mass is 9.92. The lowest BCUT2D eigenvalue weighted by molar-refractivity contribution is -0.161. The first-order valence-electron chi connectivity index (χ1n) is 9.58. The Hall–Kier alpha value is -3.38. The molecule has 0 saturated carbocycles. The van der Waals surface area contributed by atoms with E-state index in [4.69, 9.17) is 21.4 Å². The van der Waals surface area contributed by atoms with Gasteiger partial charge in [-0.2, -0.15) is 5.10 Å². The molecule has 0 saturated heterocycles. The molecule has 0 fully saturated rings. The fraction of sp³-hybridized carbons (Fsp3) is 0.130. The molecule has 0 bridgehead atoms. The van der Waals surface area contributed by atoms with Crippen molar-refractivity contribution in [2.45, 2.75) is 18.2 Å². The standard InChI is InChI=1S/C23H15ClFN3O2/c24-14-7-5-13(6-8-14)19-12-20-16-3-1-2-4-21(16)30-23(28(20)27-19)17-11-15(25)9-10-18(17)26-22(23)29/h1-11,20H,12H2,(H,26,29)/t20-,23+/m1/s1. The second-order valence-electron chi connectivity index (χ2n) is 7.55. The summed E-state index contributed by atoms with van der Waals surface area (Å²) in [5.74, 6) is -0.230. The number of hydrazone groups is 1. The number of carbonyl (C=O) groups excluding carboxylic acids is 1. The number of ether oxygens (including phenoxy) is 1. The summed E-state index contributed by atoms with van der Waals surface area (Å²) in [6, 6.07) is 19.0. The number of carbonyl (C=O) groups is 1. The van der Waals surface area contributed by atoms with Crippen LogP contribution in [0.5, 0.6) is 5.75 Å². The largest absolute Gasteiger partial charge is 0.453 e. The predicted octanol–water partition coefficient (Wildman–Crippen LogP) is 4.83. The van der Waals surface area contributed by atoms with Crippen LogP contribution >= 0.6 is 11.6 Å². The molecule has 3 aromatic carbocycles. The van der Waals surface area contributed by atoms with Crippen LogP contribution in [-0.2, 0) is 10.5 Å². The number of hydrogen-bond acceptors (Lipinski definition) is 4. The van der Waals surface area contributed by atoms with Gasteiger partial charge in [0.05, 0.1) is 23.0 Å². The third-order valence-electron chi connectivity index (χ3n) is 5.85. The first kappa shape index (κ1) is 17.5. The van der Waals surface area contributed by atoms with Crippen molar-refractivity contribution in [3.8, 4) is 5.75 Å². The molecule has 3 aliphatic rings. The maximum atomic E-state index is 14.2. The van der Waals surface area contributed by atoms with Gasteiger partial charge >= 0.3 is 5.72 Å². The SMILES string of the molecule is O=C1Nc2ccc(F)cc2[C@]12Oc1ccccc1[C@H]1CC(c3ccc(Cl)cc3)=NN12. The fourth-order valence-corrected chi connectivity index (χ4v) is 4.60. The lowest BCUT2D eigenvalue weighted by Crippen LogP contribution is -2.55. The molecule has 2 atom stereocenters. The molecule has 3 heterocycles. The molecule has 1 amide bonds. The third kappa shape index (κ3) is 2.28. The molecule has 1 N–H and O–H groups in total. The van der Waals surface area contributed by atoms with E-state index in [9.17, 15) is 9.18 Å². The Balaban J connectivity index is 1.57. The molecule has 148 valence electrons. The molecule has 6 rings (SSSR count). The van der Waals surface area contributed by atoms with Gasteiger partial charge in [0.1, 0.15) is 11.6 Å². The Labute approximate surface area is 176 Å². The number of halogens is 2. The van der Waals surface area contributed by atoms with E-state index in [0.29, 0.717) is 28.4 Å². The van der Waals surface area contributed by atoms with Crippen LogP contribution in [0, 0.1) is 5.82 Å². The molecule has 0 aromatic heterocycles. The van der Waals surface area contributed by atoms with Crippen LogP contribution in [0.25, 0.3) is 0 Å². The molecule has 0 aliphatic carbocycles. The van der Waals surface area contributed by atoms with Gasteiger partial charge in [0.25, 0.3) is 5.91 Å². The highest BCUT2D eigenvalue weighted by Crippen LogP contribution is 2.54. The van der Waals surface area contributed by atoms with Crippen molar-refractivity contribution in [2.24, 2.45) is 5.10 Å². The molecular weight excluding hydrogens is 405 g/mol. The highest BCUT2D eigenvalue weighted by atomic mass is 35.5. The number of hydrogen-bond donors (Lipinski definition) is 1. The zero-order chi connectivity index (χ0) is 20.5. The number of anilines is 1. The molecule has 5 nitrogen and oxygen atoms in total. The van der Waals surface area contributed by atoms with E-state index < -0.39 is 11.5 Å². The first-order valence-corrected chi connectivity index (χ1v) is 9.96. The van der Waals surface area contributed by atoms with Crippen molar-refractivity contribution >= 4 is 28.9 Å². The second kappa shape index (κ2) is 6.06. The van der Waals surface area contributed by atoms with Crippen molar-refractivity contribution in [1.29, 1.82) is 0 Å². The highest BCUT2D eigenvalue weighted by molar-refractivity contribution is 6.30. The maximum Gasteiger partial charge on any atom is 0.306 e. The van der Waals surface area contributed by atoms with Crippen LogP contribution < -0.4 is 10.1 Å². The maximum absolute atomic E-state index is 14.2. The Bertz CT molecular complexity index is 1240. The van der Waals surface area contributed by atoms with E-state index in [1.54, 1.807) is 11.1 Å². The van der Waals surface area contributed by atoms with Crippen molar-refractivity contribution in [2.75, 3.05) is 5.32 Å². The predicted molar refractivity (Wildman–Crippen MR) is 111 cm³/mol. The third-order valence-corrected chi connectivity index (χ3v) is 6.10. The minimum Gasteiger partial charge on any atom is -0.453 e. The number of nitrogens with one attached hydrogen (secondary N) is 1. The lowest BCUT2D eigenvalue weighted by Gasteiger charge is -2.43. The van der Waals surface area contributed by atoms with Crippen LogP contribution in [0.4, 0.5) is 10.1 Å². The Morgan fingerprint density at radius 2 is 1.93 bits per heavy atom. The summed E-state index contributed by atoms with van der Waals surface area (Å²) in [6.45, 7) is 0. The summed E-state index contributed by atoms with van der Waals surface area (Å²) in [6.07, 6.45) is 0.585. The minimum absolute atomic E-state index is 0.222. The van der Waals surface area contributed by atoms with Crippen LogP contribution in [0.15, 0.2) is 71.8 Å². The number of para-hydroxylation sites is 1. The van der Waals surface area contributed by atoms with Gasteiger partial charge in [-0.05, 0) is 42.0 Å². The Morgan fingerprint density at radius 3 is 2.77 bits per heavy atom. The van der Waals surface area contributed by atoms with Crippen molar-refractivity contribution in [3.63, 3.8) is 0 Å². The van der Waals surface area contributed by atoms with Crippen molar-refractivity contribution in [1.82, 2.24) is 5.01 Å². The number of nitrogens with zero attached hydrogens (tertiary/aromatic N) is 2. The molecule has 1 spiro atoms. The van der Waals surface area contributed by atoms with Gasteiger partial charge in [0, 0.05) is 17.0 Å². The molecule has 7 heteroatoms. The van der Waals surface area contributed by atoms with Crippen LogP contribution in [0.2, 0.25) is 5.02 Å². The van der Waals surface area contributed by atoms with E-state index in [-0.39, 0.29) is 11.9 Å². The van der Waals surface area contributed by atoms with Gasteiger partial charge in [-0.25, -0.2) is 9.40 Å². The van der Waals surface area contributed by atoms with E-state index in [1.807, 2.05) is 48.5 Å².